The first kappa shape index (κ1) is 15.6. The van der Waals surface area contributed by atoms with E-state index in [9.17, 15) is 18.0 Å². The van der Waals surface area contributed by atoms with Crippen molar-refractivity contribution in [3.8, 4) is 0 Å². The van der Waals surface area contributed by atoms with Crippen LogP contribution in [0.15, 0.2) is 36.4 Å². The fourth-order valence-corrected chi connectivity index (χ4v) is 2.48. The maximum atomic E-state index is 12.5. The lowest BCUT2D eigenvalue weighted by molar-refractivity contribution is -0.138. The summed E-state index contributed by atoms with van der Waals surface area (Å²) in [6.45, 7) is 0.331. The Kier molecular flexibility index (Phi) is 4.70. The van der Waals surface area contributed by atoms with Gasteiger partial charge in [0.05, 0.1) is 5.56 Å². The second-order valence-corrected chi connectivity index (χ2v) is 5.37. The second kappa shape index (κ2) is 6.33. The highest BCUT2D eigenvalue weighted by Crippen LogP contribution is 2.29. The smallest absolute Gasteiger partial charge is 0.341 e. The van der Waals surface area contributed by atoms with Crippen LogP contribution in [0.4, 0.5) is 13.2 Å². The monoisotopic (exact) mass is 297 g/mol. The van der Waals surface area contributed by atoms with Gasteiger partial charge in [-0.25, -0.2) is 0 Å². The molecule has 0 saturated heterocycles. The Balaban J connectivity index is 1.97. The Morgan fingerprint density at radius 3 is 2.43 bits per heavy atom. The van der Waals surface area contributed by atoms with Gasteiger partial charge < -0.3 is 4.90 Å². The Morgan fingerprint density at radius 1 is 1.24 bits per heavy atom. The minimum absolute atomic E-state index is 0.00514. The number of nitrogens with zero attached hydrogens (tertiary/aromatic N) is 1. The maximum absolute atomic E-state index is 12.5. The van der Waals surface area contributed by atoms with Gasteiger partial charge in [-0.15, -0.1) is 0 Å². The van der Waals surface area contributed by atoms with E-state index in [1.54, 1.807) is 11.9 Å². The van der Waals surface area contributed by atoms with Gasteiger partial charge in [-0.05, 0) is 37.0 Å². The van der Waals surface area contributed by atoms with E-state index in [0.29, 0.717) is 12.1 Å². The summed E-state index contributed by atoms with van der Waals surface area (Å²) in [5.74, 6) is 0.0497. The summed E-state index contributed by atoms with van der Waals surface area (Å²) in [4.78, 5) is 13.8. The number of halogens is 3. The third-order valence-electron chi connectivity index (χ3n) is 3.70. The van der Waals surface area contributed by atoms with Crippen molar-refractivity contribution in [2.24, 2.45) is 5.92 Å². The Bertz CT molecular complexity index is 519. The number of rotatable bonds is 3. The van der Waals surface area contributed by atoms with Crippen molar-refractivity contribution in [3.63, 3.8) is 0 Å². The third-order valence-corrected chi connectivity index (χ3v) is 3.70. The van der Waals surface area contributed by atoms with E-state index in [4.69, 9.17) is 0 Å². The molecule has 1 aromatic carbocycles. The summed E-state index contributed by atoms with van der Waals surface area (Å²) in [6.07, 6.45) is 2.25. The van der Waals surface area contributed by atoms with E-state index in [1.807, 2.05) is 6.08 Å². The Labute approximate surface area is 122 Å². The van der Waals surface area contributed by atoms with Crippen LogP contribution >= 0.6 is 0 Å². The first-order valence-corrected chi connectivity index (χ1v) is 6.94. The predicted molar refractivity (Wildman–Crippen MR) is 74.4 cm³/mol. The van der Waals surface area contributed by atoms with Crippen LogP contribution < -0.4 is 0 Å². The summed E-state index contributed by atoms with van der Waals surface area (Å²) in [6, 6.07) is 4.95. The highest BCUT2D eigenvalue weighted by Gasteiger charge is 2.30. The number of allylic oxidation sites excluding steroid dienone is 2. The van der Waals surface area contributed by atoms with Gasteiger partial charge in [0.15, 0.2) is 0 Å². The van der Waals surface area contributed by atoms with E-state index < -0.39 is 11.7 Å². The lowest BCUT2D eigenvalue weighted by atomic mass is 9.93. The molecule has 0 fully saturated rings. The fourth-order valence-electron chi connectivity index (χ4n) is 2.48. The average molecular weight is 297 g/mol. The minimum atomic E-state index is -4.32. The van der Waals surface area contributed by atoms with E-state index in [0.717, 1.165) is 31.4 Å². The van der Waals surface area contributed by atoms with Crippen LogP contribution in [0.5, 0.6) is 0 Å². The number of carbonyl (C=O) groups is 1. The van der Waals surface area contributed by atoms with Crippen LogP contribution in [-0.2, 0) is 17.5 Å². The van der Waals surface area contributed by atoms with Gasteiger partial charge in [0.2, 0.25) is 5.91 Å². The quantitative estimate of drug-likeness (QED) is 0.772. The zero-order valence-corrected chi connectivity index (χ0v) is 11.9. The second-order valence-electron chi connectivity index (χ2n) is 5.37. The zero-order valence-electron chi connectivity index (χ0n) is 11.9. The van der Waals surface area contributed by atoms with Crippen molar-refractivity contribution in [2.45, 2.75) is 32.0 Å². The van der Waals surface area contributed by atoms with Crippen LogP contribution in [-0.4, -0.2) is 17.9 Å². The Morgan fingerprint density at radius 2 is 1.90 bits per heavy atom. The number of alkyl halides is 3. The Hall–Kier alpha value is -1.78. The SMILES string of the molecule is CN(Cc1ccc(C(F)(F)F)cc1)C(=O)C1CC=CCC1. The van der Waals surface area contributed by atoms with Gasteiger partial charge in [-0.2, -0.15) is 13.2 Å². The molecule has 5 heteroatoms. The van der Waals surface area contributed by atoms with E-state index in [1.165, 1.54) is 12.1 Å². The normalized spacial score (nSPS) is 18.6. The molecule has 0 radical (unpaired) electrons. The van der Waals surface area contributed by atoms with Crippen LogP contribution in [0.25, 0.3) is 0 Å². The average Bonchev–Trinajstić information content (AvgIpc) is 2.47. The molecular weight excluding hydrogens is 279 g/mol. The van der Waals surface area contributed by atoms with Gasteiger partial charge in [-0.3, -0.25) is 4.79 Å². The van der Waals surface area contributed by atoms with Crippen LogP contribution in [0.2, 0.25) is 0 Å². The third kappa shape index (κ3) is 4.09. The van der Waals surface area contributed by atoms with Crippen molar-refractivity contribution in [1.82, 2.24) is 4.90 Å². The van der Waals surface area contributed by atoms with Gasteiger partial charge in [0, 0.05) is 19.5 Å². The number of amides is 1. The molecule has 1 atom stereocenters. The van der Waals surface area contributed by atoms with Crippen molar-refractivity contribution >= 4 is 5.91 Å². The van der Waals surface area contributed by atoms with Gasteiger partial charge in [0.1, 0.15) is 0 Å². The molecule has 1 unspecified atom stereocenters. The van der Waals surface area contributed by atoms with E-state index in [-0.39, 0.29) is 11.8 Å². The van der Waals surface area contributed by atoms with Crippen LogP contribution in [0.1, 0.15) is 30.4 Å². The molecule has 1 aliphatic rings. The summed E-state index contributed by atoms with van der Waals surface area (Å²) < 4.78 is 37.4. The lowest BCUT2D eigenvalue weighted by Crippen LogP contribution is -2.32. The standard InChI is InChI=1S/C16H18F3NO/c1-20(15(21)13-5-3-2-4-6-13)11-12-7-9-14(10-8-12)16(17,18)19/h2-3,7-10,13H,4-6,11H2,1H3. The number of hydrogen-bond acceptors (Lipinski definition) is 1. The molecule has 2 nitrogen and oxygen atoms in total. The minimum Gasteiger partial charge on any atom is -0.341 e. The molecule has 1 aromatic rings. The van der Waals surface area contributed by atoms with Gasteiger partial charge in [-0.1, -0.05) is 24.3 Å². The van der Waals surface area contributed by atoms with Gasteiger partial charge >= 0.3 is 6.18 Å². The van der Waals surface area contributed by atoms with E-state index in [2.05, 4.69) is 6.08 Å². The van der Waals surface area contributed by atoms with Crippen molar-refractivity contribution in [3.05, 3.63) is 47.5 Å². The molecule has 1 amide bonds. The number of benzene rings is 1. The molecule has 0 bridgehead atoms. The molecule has 114 valence electrons. The molecular formula is C16H18F3NO. The molecule has 21 heavy (non-hydrogen) atoms. The molecule has 2 rings (SSSR count). The largest absolute Gasteiger partial charge is 0.416 e. The molecule has 0 N–H and O–H groups in total. The first-order chi connectivity index (χ1) is 9.88. The maximum Gasteiger partial charge on any atom is 0.416 e. The van der Waals surface area contributed by atoms with E-state index >= 15 is 0 Å². The summed E-state index contributed by atoms with van der Waals surface area (Å²) in [7, 11) is 1.69. The van der Waals surface area contributed by atoms with Gasteiger partial charge in [0.25, 0.3) is 0 Å². The predicted octanol–water partition coefficient (Wildman–Crippen LogP) is 4.02. The molecule has 0 aliphatic heterocycles. The molecule has 0 heterocycles. The first-order valence-electron chi connectivity index (χ1n) is 6.94. The lowest BCUT2D eigenvalue weighted by Gasteiger charge is -2.24. The number of hydrogen-bond donors (Lipinski definition) is 0. The number of carbonyl (C=O) groups excluding carboxylic acids is 1. The van der Waals surface area contributed by atoms with Crippen molar-refractivity contribution in [1.29, 1.82) is 0 Å². The van der Waals surface area contributed by atoms with Crippen LogP contribution in [0, 0.1) is 5.92 Å². The van der Waals surface area contributed by atoms with Crippen molar-refractivity contribution in [2.75, 3.05) is 7.05 Å². The summed E-state index contributed by atoms with van der Waals surface area (Å²) in [5, 5.41) is 0. The topological polar surface area (TPSA) is 20.3 Å². The molecule has 0 saturated carbocycles. The highest BCUT2D eigenvalue weighted by atomic mass is 19.4. The zero-order chi connectivity index (χ0) is 15.5. The molecule has 1 aliphatic carbocycles. The molecule has 0 spiro atoms. The molecule has 0 aromatic heterocycles. The highest BCUT2D eigenvalue weighted by molar-refractivity contribution is 5.78. The summed E-state index contributed by atoms with van der Waals surface area (Å²) >= 11 is 0. The van der Waals surface area contributed by atoms with Crippen LogP contribution in [0.3, 0.4) is 0 Å². The fraction of sp³-hybridized carbons (Fsp3) is 0.438. The van der Waals surface area contributed by atoms with Crippen molar-refractivity contribution < 1.29 is 18.0 Å². The summed E-state index contributed by atoms with van der Waals surface area (Å²) in [5.41, 5.74) is 0.0304.